The molecule has 1 heterocycles. The molecule has 0 aromatic rings. The van der Waals surface area contributed by atoms with Gasteiger partial charge in [0.1, 0.15) is 0 Å². The Morgan fingerprint density at radius 2 is 2.15 bits per heavy atom. The fourth-order valence-electron chi connectivity index (χ4n) is 1.25. The number of primary amides is 1. The van der Waals surface area contributed by atoms with Crippen LogP contribution >= 0.6 is 12.4 Å². The fourth-order valence-corrected chi connectivity index (χ4v) is 1.25. The summed E-state index contributed by atoms with van der Waals surface area (Å²) in [4.78, 5) is 12.5. The van der Waals surface area contributed by atoms with Crippen LogP contribution < -0.4 is 5.73 Å². The molecule has 1 saturated heterocycles. The van der Waals surface area contributed by atoms with Gasteiger partial charge in [0.05, 0.1) is 18.6 Å². The van der Waals surface area contributed by atoms with Gasteiger partial charge in [0.15, 0.2) is 0 Å². The maximum atomic E-state index is 10.6. The van der Waals surface area contributed by atoms with Gasteiger partial charge in [0.25, 0.3) is 0 Å². The first-order chi connectivity index (χ1) is 5.63. The molecule has 78 valence electrons. The Balaban J connectivity index is 0.00000144. The van der Waals surface area contributed by atoms with Gasteiger partial charge in [-0.2, -0.15) is 0 Å². The third-order valence-corrected chi connectivity index (χ3v) is 2.04. The van der Waals surface area contributed by atoms with Crippen LogP contribution in [0.4, 0.5) is 0 Å². The molecular formula is C7H15ClN2O3. The highest BCUT2D eigenvalue weighted by atomic mass is 35.5. The molecule has 1 atom stereocenters. The van der Waals surface area contributed by atoms with Crippen molar-refractivity contribution in [3.63, 3.8) is 0 Å². The number of rotatable bonds is 4. The average molecular weight is 211 g/mol. The van der Waals surface area contributed by atoms with E-state index in [1.54, 1.807) is 0 Å². The molecule has 0 radical (unpaired) electrons. The van der Waals surface area contributed by atoms with Crippen molar-refractivity contribution >= 4 is 18.3 Å². The SMILES string of the molecule is Cl.NC(=O)C1CN(CC(O)CO)C1. The van der Waals surface area contributed by atoms with Gasteiger partial charge in [0, 0.05) is 19.6 Å². The van der Waals surface area contributed by atoms with Gasteiger partial charge in [-0.1, -0.05) is 0 Å². The average Bonchev–Trinajstić information content (AvgIpc) is 1.94. The molecule has 0 bridgehead atoms. The first-order valence-electron chi connectivity index (χ1n) is 3.94. The van der Waals surface area contributed by atoms with E-state index in [2.05, 4.69) is 0 Å². The van der Waals surface area contributed by atoms with Crippen molar-refractivity contribution in [2.75, 3.05) is 26.2 Å². The number of nitrogens with zero attached hydrogens (tertiary/aromatic N) is 1. The van der Waals surface area contributed by atoms with Crippen molar-refractivity contribution in [1.82, 2.24) is 4.90 Å². The summed E-state index contributed by atoms with van der Waals surface area (Å²) in [5.41, 5.74) is 5.05. The maximum Gasteiger partial charge on any atom is 0.223 e. The zero-order valence-electron chi connectivity index (χ0n) is 7.22. The number of β-amino-alcohol motifs (C(OH)–C–C–N with tert-alkyl or cyclic N) is 1. The summed E-state index contributed by atoms with van der Waals surface area (Å²) in [6, 6.07) is 0. The molecule has 0 saturated carbocycles. The number of halogens is 1. The summed E-state index contributed by atoms with van der Waals surface area (Å²) in [6.45, 7) is 1.39. The Hall–Kier alpha value is -0.360. The number of amides is 1. The third kappa shape index (κ3) is 3.48. The van der Waals surface area contributed by atoms with E-state index in [0.717, 1.165) is 0 Å². The number of aliphatic hydroxyl groups excluding tert-OH is 2. The molecule has 1 amide bonds. The number of hydrogen-bond donors (Lipinski definition) is 3. The number of carbonyl (C=O) groups is 1. The lowest BCUT2D eigenvalue weighted by molar-refractivity contribution is -0.127. The summed E-state index contributed by atoms with van der Waals surface area (Å²) >= 11 is 0. The first kappa shape index (κ1) is 12.6. The minimum atomic E-state index is -0.709. The number of hydrogen-bond acceptors (Lipinski definition) is 4. The van der Waals surface area contributed by atoms with Gasteiger partial charge in [0.2, 0.25) is 5.91 Å². The number of aliphatic hydroxyl groups is 2. The number of carbonyl (C=O) groups excluding carboxylic acids is 1. The van der Waals surface area contributed by atoms with E-state index < -0.39 is 6.10 Å². The van der Waals surface area contributed by atoms with Crippen LogP contribution in [0.5, 0.6) is 0 Å². The second-order valence-corrected chi connectivity index (χ2v) is 3.15. The van der Waals surface area contributed by atoms with Crippen LogP contribution in [0.2, 0.25) is 0 Å². The smallest absolute Gasteiger partial charge is 0.223 e. The zero-order valence-corrected chi connectivity index (χ0v) is 8.04. The van der Waals surface area contributed by atoms with E-state index in [9.17, 15) is 4.79 Å². The van der Waals surface area contributed by atoms with Crippen LogP contribution in [0.1, 0.15) is 0 Å². The zero-order chi connectivity index (χ0) is 9.14. The van der Waals surface area contributed by atoms with E-state index in [0.29, 0.717) is 19.6 Å². The van der Waals surface area contributed by atoms with Crippen LogP contribution in [0.15, 0.2) is 0 Å². The summed E-state index contributed by atoms with van der Waals surface area (Å²) in [6.07, 6.45) is -0.709. The van der Waals surface area contributed by atoms with Gasteiger partial charge in [-0.25, -0.2) is 0 Å². The van der Waals surface area contributed by atoms with Crippen LogP contribution in [0.3, 0.4) is 0 Å². The monoisotopic (exact) mass is 210 g/mol. The molecule has 1 aliphatic heterocycles. The normalized spacial score (nSPS) is 20.2. The van der Waals surface area contributed by atoms with Gasteiger partial charge in [-0.05, 0) is 0 Å². The Morgan fingerprint density at radius 3 is 2.54 bits per heavy atom. The molecule has 0 aliphatic carbocycles. The highest BCUT2D eigenvalue weighted by molar-refractivity contribution is 5.85. The minimum absolute atomic E-state index is 0. The maximum absolute atomic E-state index is 10.6. The standard InChI is InChI=1S/C7H14N2O3.ClH/c8-7(12)5-1-9(2-5)3-6(11)4-10;/h5-6,10-11H,1-4H2,(H2,8,12);1H. The van der Waals surface area contributed by atoms with Crippen LogP contribution in [-0.4, -0.2) is 53.4 Å². The van der Waals surface area contributed by atoms with Crippen LogP contribution in [-0.2, 0) is 4.79 Å². The predicted molar refractivity (Wildman–Crippen MR) is 49.5 cm³/mol. The quantitative estimate of drug-likeness (QED) is 0.510. The van der Waals surface area contributed by atoms with Crippen molar-refractivity contribution in [2.24, 2.45) is 11.7 Å². The Bertz CT molecular complexity index is 173. The molecule has 1 aliphatic rings. The molecule has 0 aromatic carbocycles. The van der Waals surface area contributed by atoms with Gasteiger partial charge in [-0.15, -0.1) is 12.4 Å². The summed E-state index contributed by atoms with van der Waals surface area (Å²) in [5, 5.41) is 17.5. The lowest BCUT2D eigenvalue weighted by Gasteiger charge is -2.38. The number of nitrogens with two attached hydrogens (primary N) is 1. The Morgan fingerprint density at radius 1 is 1.62 bits per heavy atom. The van der Waals surface area contributed by atoms with Crippen molar-refractivity contribution < 1.29 is 15.0 Å². The molecule has 1 unspecified atom stereocenters. The van der Waals surface area contributed by atoms with Crippen molar-refractivity contribution in [3.8, 4) is 0 Å². The molecule has 13 heavy (non-hydrogen) atoms. The van der Waals surface area contributed by atoms with Gasteiger partial charge < -0.3 is 15.9 Å². The van der Waals surface area contributed by atoms with Crippen LogP contribution in [0.25, 0.3) is 0 Å². The Labute approximate surface area is 82.9 Å². The highest BCUT2D eigenvalue weighted by Crippen LogP contribution is 2.14. The Kier molecular flexibility index (Phi) is 5.24. The fraction of sp³-hybridized carbons (Fsp3) is 0.857. The van der Waals surface area contributed by atoms with Gasteiger partial charge >= 0.3 is 0 Å². The first-order valence-corrected chi connectivity index (χ1v) is 3.94. The molecule has 6 heteroatoms. The van der Waals surface area contributed by atoms with Crippen molar-refractivity contribution in [3.05, 3.63) is 0 Å². The molecule has 1 fully saturated rings. The third-order valence-electron chi connectivity index (χ3n) is 2.04. The van der Waals surface area contributed by atoms with Crippen molar-refractivity contribution in [1.29, 1.82) is 0 Å². The lowest BCUT2D eigenvalue weighted by atomic mass is 9.99. The molecule has 0 aromatic heterocycles. The summed E-state index contributed by atoms with van der Waals surface area (Å²) < 4.78 is 0. The summed E-state index contributed by atoms with van der Waals surface area (Å²) in [5.74, 6) is -0.361. The predicted octanol–water partition coefficient (Wildman–Crippen LogP) is -1.82. The highest BCUT2D eigenvalue weighted by Gasteiger charge is 2.31. The minimum Gasteiger partial charge on any atom is -0.394 e. The molecule has 5 nitrogen and oxygen atoms in total. The van der Waals surface area contributed by atoms with Crippen molar-refractivity contribution in [2.45, 2.75) is 6.10 Å². The second kappa shape index (κ2) is 5.39. The number of likely N-dealkylation sites (tertiary alicyclic amines) is 1. The largest absolute Gasteiger partial charge is 0.394 e. The topological polar surface area (TPSA) is 86.8 Å². The molecular weight excluding hydrogens is 196 g/mol. The van der Waals surface area contributed by atoms with E-state index in [1.807, 2.05) is 4.90 Å². The van der Waals surface area contributed by atoms with E-state index in [1.165, 1.54) is 0 Å². The van der Waals surface area contributed by atoms with E-state index in [4.69, 9.17) is 15.9 Å². The lowest BCUT2D eigenvalue weighted by Crippen LogP contribution is -2.54. The molecule has 0 spiro atoms. The molecule has 4 N–H and O–H groups in total. The second-order valence-electron chi connectivity index (χ2n) is 3.15. The molecule has 1 rings (SSSR count). The van der Waals surface area contributed by atoms with Crippen LogP contribution in [0, 0.1) is 5.92 Å². The van der Waals surface area contributed by atoms with Gasteiger partial charge in [-0.3, -0.25) is 9.69 Å². The summed E-state index contributed by atoms with van der Waals surface area (Å²) in [7, 11) is 0. The van der Waals surface area contributed by atoms with E-state index >= 15 is 0 Å². The van der Waals surface area contributed by atoms with E-state index in [-0.39, 0.29) is 30.8 Å².